The standard InChI is InChI=1S/C15H16BrClN4/c1-9(17)15-18-13-5-4-12(16)6-14(13)21(15)8-11-7-20(3)19-10(11)2/h4-7,9H,8H2,1-3H3. The topological polar surface area (TPSA) is 35.6 Å². The van der Waals surface area contributed by atoms with E-state index in [0.29, 0.717) is 0 Å². The maximum atomic E-state index is 6.31. The lowest BCUT2D eigenvalue weighted by atomic mass is 10.2. The Morgan fingerprint density at radius 3 is 2.76 bits per heavy atom. The monoisotopic (exact) mass is 366 g/mol. The largest absolute Gasteiger partial charge is 0.322 e. The summed E-state index contributed by atoms with van der Waals surface area (Å²) in [6.45, 7) is 4.69. The van der Waals surface area contributed by atoms with Gasteiger partial charge in [-0.05, 0) is 32.0 Å². The third-order valence-corrected chi connectivity index (χ3v) is 4.23. The van der Waals surface area contributed by atoms with Gasteiger partial charge in [-0.1, -0.05) is 15.9 Å². The zero-order valence-electron chi connectivity index (χ0n) is 12.1. The molecule has 6 heteroatoms. The van der Waals surface area contributed by atoms with Gasteiger partial charge in [-0.3, -0.25) is 4.68 Å². The Hall–Kier alpha value is -1.33. The first-order chi connectivity index (χ1) is 9.95. The fourth-order valence-electron chi connectivity index (χ4n) is 2.56. The normalized spacial score (nSPS) is 13.0. The van der Waals surface area contributed by atoms with Crippen LogP contribution in [0.4, 0.5) is 0 Å². The van der Waals surface area contributed by atoms with E-state index in [1.165, 1.54) is 5.56 Å². The summed E-state index contributed by atoms with van der Waals surface area (Å²) in [4.78, 5) is 4.67. The summed E-state index contributed by atoms with van der Waals surface area (Å²) >= 11 is 9.84. The molecule has 2 aromatic heterocycles. The SMILES string of the molecule is Cc1nn(C)cc1Cn1c(C(C)Cl)nc2ccc(Br)cc21. The minimum absolute atomic E-state index is 0.145. The third-order valence-electron chi connectivity index (χ3n) is 3.54. The molecular weight excluding hydrogens is 352 g/mol. The van der Waals surface area contributed by atoms with E-state index in [2.05, 4.69) is 36.6 Å². The lowest BCUT2D eigenvalue weighted by molar-refractivity contribution is 0.737. The summed E-state index contributed by atoms with van der Waals surface area (Å²) < 4.78 is 5.04. The number of alkyl halides is 1. The van der Waals surface area contributed by atoms with Crippen molar-refractivity contribution in [3.8, 4) is 0 Å². The van der Waals surface area contributed by atoms with Crippen LogP contribution in [0.25, 0.3) is 11.0 Å². The molecule has 0 aliphatic heterocycles. The lowest BCUT2D eigenvalue weighted by Crippen LogP contribution is -2.06. The number of hydrogen-bond donors (Lipinski definition) is 0. The molecule has 0 bridgehead atoms. The van der Waals surface area contributed by atoms with Gasteiger partial charge < -0.3 is 4.57 Å². The fourth-order valence-corrected chi connectivity index (χ4v) is 3.07. The molecule has 3 aromatic rings. The molecular formula is C15H16BrClN4. The summed E-state index contributed by atoms with van der Waals surface area (Å²) in [5.74, 6) is 0.882. The maximum absolute atomic E-state index is 6.31. The zero-order valence-corrected chi connectivity index (χ0v) is 14.5. The fraction of sp³-hybridized carbons (Fsp3) is 0.333. The smallest absolute Gasteiger partial charge is 0.128 e. The summed E-state index contributed by atoms with van der Waals surface area (Å²) in [6, 6.07) is 6.09. The summed E-state index contributed by atoms with van der Waals surface area (Å²) in [5.41, 5.74) is 4.25. The highest BCUT2D eigenvalue weighted by Gasteiger charge is 2.16. The van der Waals surface area contributed by atoms with Gasteiger partial charge in [-0.2, -0.15) is 5.10 Å². The van der Waals surface area contributed by atoms with E-state index in [-0.39, 0.29) is 5.38 Å². The van der Waals surface area contributed by atoms with Crippen LogP contribution in [0.5, 0.6) is 0 Å². The quantitative estimate of drug-likeness (QED) is 0.651. The maximum Gasteiger partial charge on any atom is 0.128 e. The Labute approximate surface area is 136 Å². The molecule has 1 unspecified atom stereocenters. The van der Waals surface area contributed by atoms with Crippen molar-refractivity contribution in [2.45, 2.75) is 25.8 Å². The molecule has 0 spiro atoms. The van der Waals surface area contributed by atoms with Gasteiger partial charge in [0.1, 0.15) is 5.82 Å². The minimum Gasteiger partial charge on any atom is -0.322 e. The lowest BCUT2D eigenvalue weighted by Gasteiger charge is -2.10. The molecule has 2 heterocycles. The second-order valence-corrected chi connectivity index (χ2v) is 6.79. The summed E-state index contributed by atoms with van der Waals surface area (Å²) in [7, 11) is 1.93. The van der Waals surface area contributed by atoms with Gasteiger partial charge in [0.15, 0.2) is 0 Å². The second-order valence-electron chi connectivity index (χ2n) is 5.22. The van der Waals surface area contributed by atoms with Crippen LogP contribution in [-0.2, 0) is 13.6 Å². The van der Waals surface area contributed by atoms with Crippen molar-refractivity contribution >= 4 is 38.6 Å². The summed E-state index contributed by atoms with van der Waals surface area (Å²) in [5, 5.41) is 4.26. The highest BCUT2D eigenvalue weighted by molar-refractivity contribution is 9.10. The first-order valence-corrected chi connectivity index (χ1v) is 7.97. The highest BCUT2D eigenvalue weighted by Crippen LogP contribution is 2.27. The van der Waals surface area contributed by atoms with Crippen LogP contribution in [0.15, 0.2) is 28.9 Å². The van der Waals surface area contributed by atoms with Crippen LogP contribution in [0, 0.1) is 6.92 Å². The summed E-state index contributed by atoms with van der Waals surface area (Å²) in [6.07, 6.45) is 2.04. The van der Waals surface area contributed by atoms with Crippen LogP contribution < -0.4 is 0 Å². The van der Waals surface area contributed by atoms with E-state index < -0.39 is 0 Å². The molecule has 0 aliphatic rings. The molecule has 21 heavy (non-hydrogen) atoms. The molecule has 0 fully saturated rings. The van der Waals surface area contributed by atoms with Crippen LogP contribution in [0.3, 0.4) is 0 Å². The molecule has 0 radical (unpaired) electrons. The molecule has 0 saturated heterocycles. The van der Waals surface area contributed by atoms with Crippen molar-refractivity contribution in [3.63, 3.8) is 0 Å². The van der Waals surface area contributed by atoms with E-state index in [0.717, 1.165) is 33.6 Å². The zero-order chi connectivity index (χ0) is 15.1. The van der Waals surface area contributed by atoms with Gasteiger partial charge >= 0.3 is 0 Å². The molecule has 1 atom stereocenters. The van der Waals surface area contributed by atoms with Gasteiger partial charge in [-0.15, -0.1) is 11.6 Å². The molecule has 0 N–H and O–H groups in total. The number of aryl methyl sites for hydroxylation is 2. The highest BCUT2D eigenvalue weighted by atomic mass is 79.9. The predicted octanol–water partition coefficient (Wildman–Crippen LogP) is 4.19. The predicted molar refractivity (Wildman–Crippen MR) is 88.7 cm³/mol. The minimum atomic E-state index is -0.145. The van der Waals surface area contributed by atoms with E-state index in [9.17, 15) is 0 Å². The molecule has 4 nitrogen and oxygen atoms in total. The van der Waals surface area contributed by atoms with Crippen LogP contribution in [-0.4, -0.2) is 19.3 Å². The third kappa shape index (κ3) is 2.72. The van der Waals surface area contributed by atoms with Gasteiger partial charge in [0.05, 0.1) is 28.6 Å². The Kier molecular flexibility index (Phi) is 3.80. The number of benzene rings is 1. The molecule has 110 valence electrons. The van der Waals surface area contributed by atoms with E-state index in [4.69, 9.17) is 11.6 Å². The van der Waals surface area contributed by atoms with Crippen LogP contribution >= 0.6 is 27.5 Å². The molecule has 1 aromatic carbocycles. The molecule has 3 rings (SSSR count). The Bertz CT molecular complexity index is 803. The number of imidazole rings is 1. The van der Waals surface area contributed by atoms with Crippen molar-refractivity contribution in [1.29, 1.82) is 0 Å². The number of halogens is 2. The molecule has 0 aliphatic carbocycles. The Balaban J connectivity index is 2.17. The number of nitrogens with zero attached hydrogens (tertiary/aromatic N) is 4. The van der Waals surface area contributed by atoms with Gasteiger partial charge in [-0.25, -0.2) is 4.98 Å². The van der Waals surface area contributed by atoms with Gasteiger partial charge in [0.2, 0.25) is 0 Å². The van der Waals surface area contributed by atoms with Crippen molar-refractivity contribution < 1.29 is 0 Å². The van der Waals surface area contributed by atoms with E-state index in [1.807, 2.05) is 43.9 Å². The Morgan fingerprint density at radius 1 is 1.38 bits per heavy atom. The number of aromatic nitrogens is 4. The average Bonchev–Trinajstić information content (AvgIpc) is 2.91. The van der Waals surface area contributed by atoms with Crippen molar-refractivity contribution in [3.05, 3.63) is 46.0 Å². The number of hydrogen-bond acceptors (Lipinski definition) is 2. The number of fused-ring (bicyclic) bond motifs is 1. The average molecular weight is 368 g/mol. The van der Waals surface area contributed by atoms with Crippen molar-refractivity contribution in [1.82, 2.24) is 19.3 Å². The Morgan fingerprint density at radius 2 is 2.14 bits per heavy atom. The first kappa shape index (κ1) is 14.6. The van der Waals surface area contributed by atoms with Gasteiger partial charge in [0, 0.05) is 23.3 Å². The van der Waals surface area contributed by atoms with Crippen molar-refractivity contribution in [2.75, 3.05) is 0 Å². The second kappa shape index (κ2) is 5.46. The van der Waals surface area contributed by atoms with E-state index in [1.54, 1.807) is 0 Å². The first-order valence-electron chi connectivity index (χ1n) is 6.74. The van der Waals surface area contributed by atoms with Gasteiger partial charge in [0.25, 0.3) is 0 Å². The van der Waals surface area contributed by atoms with E-state index >= 15 is 0 Å². The van der Waals surface area contributed by atoms with Crippen molar-refractivity contribution in [2.24, 2.45) is 7.05 Å². The van der Waals surface area contributed by atoms with Crippen LogP contribution in [0.1, 0.15) is 29.4 Å². The molecule has 0 amide bonds. The van der Waals surface area contributed by atoms with Crippen LogP contribution in [0.2, 0.25) is 0 Å². The molecule has 0 saturated carbocycles. The number of rotatable bonds is 3.